The van der Waals surface area contributed by atoms with E-state index >= 15 is 0 Å². The molecule has 23 heavy (non-hydrogen) atoms. The number of amides is 1. The van der Waals surface area contributed by atoms with E-state index in [2.05, 4.69) is 25.5 Å². The molecule has 0 aliphatic carbocycles. The molecule has 0 bridgehead atoms. The SMILES string of the molecule is CC(C)CC(C)N(C)C(=O)c1ccc(CCNS(C)(=O)=O)cc1. The third-order valence-electron chi connectivity index (χ3n) is 3.77. The molecule has 0 spiro atoms. The maximum absolute atomic E-state index is 12.5. The Labute approximate surface area is 140 Å². The third-order valence-corrected chi connectivity index (χ3v) is 4.50. The predicted octanol–water partition coefficient (Wildman–Crippen LogP) is 2.28. The van der Waals surface area contributed by atoms with E-state index in [1.165, 1.54) is 0 Å². The Morgan fingerprint density at radius 1 is 1.17 bits per heavy atom. The zero-order chi connectivity index (χ0) is 17.6. The van der Waals surface area contributed by atoms with Gasteiger partial charge in [0.15, 0.2) is 0 Å². The van der Waals surface area contributed by atoms with Crippen molar-refractivity contribution in [2.75, 3.05) is 19.8 Å². The Morgan fingerprint density at radius 2 is 1.74 bits per heavy atom. The van der Waals surface area contributed by atoms with Crippen LogP contribution in [0.15, 0.2) is 24.3 Å². The molecule has 1 atom stereocenters. The average Bonchev–Trinajstić information content (AvgIpc) is 2.44. The highest BCUT2D eigenvalue weighted by Crippen LogP contribution is 2.14. The first-order valence-electron chi connectivity index (χ1n) is 7.91. The molecule has 0 heterocycles. The molecule has 5 nitrogen and oxygen atoms in total. The lowest BCUT2D eigenvalue weighted by Gasteiger charge is -2.26. The Morgan fingerprint density at radius 3 is 2.22 bits per heavy atom. The molecular weight excluding hydrogens is 312 g/mol. The fourth-order valence-corrected chi connectivity index (χ4v) is 2.91. The maximum Gasteiger partial charge on any atom is 0.253 e. The number of hydrogen-bond acceptors (Lipinski definition) is 3. The Balaban J connectivity index is 2.63. The number of sulfonamides is 1. The van der Waals surface area contributed by atoms with Gasteiger partial charge in [-0.1, -0.05) is 26.0 Å². The van der Waals surface area contributed by atoms with Crippen LogP contribution in [0.2, 0.25) is 0 Å². The number of hydrogen-bond donors (Lipinski definition) is 1. The van der Waals surface area contributed by atoms with E-state index < -0.39 is 10.0 Å². The molecular formula is C17H28N2O3S. The fourth-order valence-electron chi connectivity index (χ4n) is 2.44. The van der Waals surface area contributed by atoms with Gasteiger partial charge in [0.1, 0.15) is 0 Å². The third kappa shape index (κ3) is 7.14. The van der Waals surface area contributed by atoms with Gasteiger partial charge in [-0.25, -0.2) is 13.1 Å². The van der Waals surface area contributed by atoms with Crippen LogP contribution in [-0.2, 0) is 16.4 Å². The van der Waals surface area contributed by atoms with Gasteiger partial charge in [-0.15, -0.1) is 0 Å². The Kier molecular flexibility index (Phi) is 7.22. The van der Waals surface area contributed by atoms with Crippen molar-refractivity contribution in [1.82, 2.24) is 9.62 Å². The van der Waals surface area contributed by atoms with Gasteiger partial charge in [-0.2, -0.15) is 0 Å². The molecule has 130 valence electrons. The Hall–Kier alpha value is -1.40. The molecule has 1 aromatic carbocycles. The second kappa shape index (κ2) is 8.45. The van der Waals surface area contributed by atoms with Crippen LogP contribution in [0.1, 0.15) is 43.1 Å². The summed E-state index contributed by atoms with van der Waals surface area (Å²) in [5.41, 5.74) is 1.65. The second-order valence-electron chi connectivity index (χ2n) is 6.51. The van der Waals surface area contributed by atoms with E-state index in [4.69, 9.17) is 0 Å². The molecule has 1 aromatic rings. The molecule has 0 saturated heterocycles. The van der Waals surface area contributed by atoms with Crippen LogP contribution in [0, 0.1) is 5.92 Å². The van der Waals surface area contributed by atoms with Crippen molar-refractivity contribution in [2.24, 2.45) is 5.92 Å². The summed E-state index contributed by atoms with van der Waals surface area (Å²) in [6.45, 7) is 6.71. The lowest BCUT2D eigenvalue weighted by molar-refractivity contribution is 0.0728. The predicted molar refractivity (Wildman–Crippen MR) is 94.0 cm³/mol. The zero-order valence-electron chi connectivity index (χ0n) is 14.7. The van der Waals surface area contributed by atoms with Crippen molar-refractivity contribution in [3.63, 3.8) is 0 Å². The largest absolute Gasteiger partial charge is 0.339 e. The number of nitrogens with zero attached hydrogens (tertiary/aromatic N) is 1. The molecule has 0 saturated carbocycles. The molecule has 0 aromatic heterocycles. The lowest BCUT2D eigenvalue weighted by atomic mass is 10.0. The van der Waals surface area contributed by atoms with Gasteiger partial charge >= 0.3 is 0 Å². The number of carbonyl (C=O) groups excluding carboxylic acids is 1. The van der Waals surface area contributed by atoms with Crippen molar-refractivity contribution >= 4 is 15.9 Å². The van der Waals surface area contributed by atoms with Gasteiger partial charge in [0.2, 0.25) is 10.0 Å². The van der Waals surface area contributed by atoms with E-state index in [0.29, 0.717) is 24.4 Å². The van der Waals surface area contributed by atoms with E-state index in [1.54, 1.807) is 17.0 Å². The monoisotopic (exact) mass is 340 g/mol. The van der Waals surface area contributed by atoms with Crippen molar-refractivity contribution in [3.8, 4) is 0 Å². The number of rotatable bonds is 8. The summed E-state index contributed by atoms with van der Waals surface area (Å²) in [5, 5.41) is 0. The molecule has 1 amide bonds. The van der Waals surface area contributed by atoms with Crippen LogP contribution in [0.4, 0.5) is 0 Å². The first kappa shape index (κ1) is 19.6. The van der Waals surface area contributed by atoms with Crippen LogP contribution >= 0.6 is 0 Å². The zero-order valence-corrected chi connectivity index (χ0v) is 15.5. The molecule has 1 rings (SSSR count). The van der Waals surface area contributed by atoms with Crippen molar-refractivity contribution < 1.29 is 13.2 Å². The minimum Gasteiger partial charge on any atom is -0.339 e. The van der Waals surface area contributed by atoms with Crippen molar-refractivity contribution in [1.29, 1.82) is 0 Å². The fraction of sp³-hybridized carbons (Fsp3) is 0.588. The van der Waals surface area contributed by atoms with E-state index in [-0.39, 0.29) is 11.9 Å². The summed E-state index contributed by atoms with van der Waals surface area (Å²) in [6.07, 6.45) is 2.71. The molecule has 0 aliphatic rings. The first-order chi connectivity index (χ1) is 10.6. The number of nitrogens with one attached hydrogen (secondary N) is 1. The summed E-state index contributed by atoms with van der Waals surface area (Å²) < 4.78 is 24.5. The summed E-state index contributed by atoms with van der Waals surface area (Å²) in [6, 6.07) is 7.55. The molecule has 6 heteroatoms. The highest BCUT2D eigenvalue weighted by molar-refractivity contribution is 7.88. The van der Waals surface area contributed by atoms with Crippen LogP contribution in [-0.4, -0.2) is 45.1 Å². The average molecular weight is 340 g/mol. The highest BCUT2D eigenvalue weighted by Gasteiger charge is 2.18. The van der Waals surface area contributed by atoms with Crippen LogP contribution < -0.4 is 4.72 Å². The van der Waals surface area contributed by atoms with Gasteiger partial charge in [-0.3, -0.25) is 4.79 Å². The number of carbonyl (C=O) groups is 1. The normalized spacial score (nSPS) is 13.1. The van der Waals surface area contributed by atoms with Gasteiger partial charge in [0, 0.05) is 25.2 Å². The van der Waals surface area contributed by atoms with E-state index in [1.807, 2.05) is 19.2 Å². The van der Waals surface area contributed by atoms with Gasteiger partial charge in [0.05, 0.1) is 6.26 Å². The van der Waals surface area contributed by atoms with Crippen LogP contribution in [0.25, 0.3) is 0 Å². The van der Waals surface area contributed by atoms with Crippen LogP contribution in [0.5, 0.6) is 0 Å². The van der Waals surface area contributed by atoms with Crippen molar-refractivity contribution in [2.45, 2.75) is 39.7 Å². The molecule has 0 radical (unpaired) electrons. The lowest BCUT2D eigenvalue weighted by Crippen LogP contribution is -2.35. The van der Waals surface area contributed by atoms with Crippen LogP contribution in [0.3, 0.4) is 0 Å². The molecule has 1 N–H and O–H groups in total. The van der Waals surface area contributed by atoms with Gasteiger partial charge in [-0.05, 0) is 43.4 Å². The molecule has 0 fully saturated rings. The van der Waals surface area contributed by atoms with Crippen molar-refractivity contribution in [3.05, 3.63) is 35.4 Å². The molecule has 0 aliphatic heterocycles. The minimum absolute atomic E-state index is 0.0129. The smallest absolute Gasteiger partial charge is 0.253 e. The van der Waals surface area contributed by atoms with Gasteiger partial charge < -0.3 is 4.90 Å². The van der Waals surface area contributed by atoms with Gasteiger partial charge in [0.25, 0.3) is 5.91 Å². The van der Waals surface area contributed by atoms with E-state index in [0.717, 1.165) is 18.2 Å². The first-order valence-corrected chi connectivity index (χ1v) is 9.80. The summed E-state index contributed by atoms with van der Waals surface area (Å²) >= 11 is 0. The number of benzene rings is 1. The second-order valence-corrected chi connectivity index (χ2v) is 8.34. The highest BCUT2D eigenvalue weighted by atomic mass is 32.2. The Bertz CT molecular complexity index is 609. The summed E-state index contributed by atoms with van der Waals surface area (Å²) in [7, 11) is -1.32. The quantitative estimate of drug-likeness (QED) is 0.789. The minimum atomic E-state index is -3.16. The summed E-state index contributed by atoms with van der Waals surface area (Å²) in [4.78, 5) is 14.2. The topological polar surface area (TPSA) is 66.5 Å². The molecule has 1 unspecified atom stereocenters. The van der Waals surface area contributed by atoms with E-state index in [9.17, 15) is 13.2 Å². The standard InChI is InChI=1S/C17H28N2O3S/c1-13(2)12-14(3)19(4)17(20)16-8-6-15(7-9-16)10-11-18-23(5,21)22/h6-9,13-14,18H,10-12H2,1-5H3. The maximum atomic E-state index is 12.5. The summed E-state index contributed by atoms with van der Waals surface area (Å²) in [5.74, 6) is 0.559.